The Bertz CT molecular complexity index is 485. The molecule has 0 spiro atoms. The fourth-order valence-electron chi connectivity index (χ4n) is 2.76. The molecule has 2 aromatic rings. The van der Waals surface area contributed by atoms with Crippen molar-refractivity contribution in [3.63, 3.8) is 0 Å². The Balaban J connectivity index is 2.42. The van der Waals surface area contributed by atoms with Crippen molar-refractivity contribution in [3.8, 4) is 0 Å². The predicted octanol–water partition coefficient (Wildman–Crippen LogP) is 5.09. The van der Waals surface area contributed by atoms with Crippen LogP contribution in [0.3, 0.4) is 0 Å². The molecule has 0 fully saturated rings. The molecule has 1 unspecified atom stereocenters. The van der Waals surface area contributed by atoms with Crippen molar-refractivity contribution < 1.29 is 0 Å². The second-order valence-electron chi connectivity index (χ2n) is 5.20. The van der Waals surface area contributed by atoms with Crippen LogP contribution in [0.1, 0.15) is 41.0 Å². The Labute approximate surface area is 119 Å². The van der Waals surface area contributed by atoms with Gasteiger partial charge in [-0.2, -0.15) is 0 Å². The van der Waals surface area contributed by atoms with E-state index in [0.717, 1.165) is 0 Å². The summed E-state index contributed by atoms with van der Waals surface area (Å²) in [5, 5.41) is 0. The minimum atomic E-state index is 0.531. The van der Waals surface area contributed by atoms with Crippen LogP contribution in [0.25, 0.3) is 0 Å². The lowest BCUT2D eigenvalue weighted by atomic mass is 9.83. The average Bonchev–Trinajstić information content (AvgIpc) is 2.42. The van der Waals surface area contributed by atoms with Gasteiger partial charge in [-0.05, 0) is 55.1 Å². The smallest absolute Gasteiger partial charge is 0.00947 e. The highest BCUT2D eigenvalue weighted by atomic mass is 31.0. The van der Waals surface area contributed by atoms with E-state index in [0.29, 0.717) is 5.92 Å². The van der Waals surface area contributed by atoms with Gasteiger partial charge in [-0.25, -0.2) is 0 Å². The minimum absolute atomic E-state index is 0.531. The van der Waals surface area contributed by atoms with Crippen molar-refractivity contribution in [2.45, 2.75) is 32.6 Å². The third-order valence-corrected chi connectivity index (χ3v) is 4.23. The molecule has 0 aromatic heterocycles. The number of benzene rings is 2. The molecule has 0 saturated heterocycles. The molecule has 0 nitrogen and oxygen atoms in total. The van der Waals surface area contributed by atoms with E-state index in [1.807, 2.05) is 0 Å². The standard InChI is InChI=1S/C18H23P/c1-14-8-3-5-10-16(14)18(12-7-13-19)17-11-6-4-9-15(17)2/h3-6,8-11,18H,7,12-13,19H2,1-2H3. The maximum Gasteiger partial charge on any atom is 0.00947 e. The Hall–Kier alpha value is -1.13. The summed E-state index contributed by atoms with van der Waals surface area (Å²) in [5.41, 5.74) is 5.77. The predicted molar refractivity (Wildman–Crippen MR) is 88.0 cm³/mol. The van der Waals surface area contributed by atoms with Gasteiger partial charge in [0.1, 0.15) is 0 Å². The molecule has 19 heavy (non-hydrogen) atoms. The summed E-state index contributed by atoms with van der Waals surface area (Å²) in [4.78, 5) is 0. The van der Waals surface area contributed by atoms with Crippen molar-refractivity contribution >= 4 is 9.24 Å². The molecule has 0 aliphatic carbocycles. The fourth-order valence-corrected chi connectivity index (χ4v) is 2.99. The first-order valence-corrected chi connectivity index (χ1v) is 7.87. The third-order valence-electron chi connectivity index (χ3n) is 3.82. The molecular formula is C18H23P. The summed E-state index contributed by atoms with van der Waals surface area (Å²) in [5.74, 6) is 0.531. The van der Waals surface area contributed by atoms with Gasteiger partial charge in [0.05, 0.1) is 0 Å². The van der Waals surface area contributed by atoms with Gasteiger partial charge in [0.15, 0.2) is 0 Å². The topological polar surface area (TPSA) is 0 Å². The van der Waals surface area contributed by atoms with Crippen LogP contribution in [-0.4, -0.2) is 6.16 Å². The molecule has 0 amide bonds. The molecule has 0 aliphatic heterocycles. The second-order valence-corrected chi connectivity index (χ2v) is 5.77. The van der Waals surface area contributed by atoms with Crippen LogP contribution in [-0.2, 0) is 0 Å². The van der Waals surface area contributed by atoms with E-state index in [1.54, 1.807) is 0 Å². The molecule has 2 aromatic carbocycles. The average molecular weight is 270 g/mol. The molecule has 2 rings (SSSR count). The molecule has 1 atom stereocenters. The summed E-state index contributed by atoms with van der Waals surface area (Å²) in [6, 6.07) is 17.6. The van der Waals surface area contributed by atoms with Crippen molar-refractivity contribution in [1.29, 1.82) is 0 Å². The van der Waals surface area contributed by atoms with Crippen LogP contribution in [0.15, 0.2) is 48.5 Å². The number of rotatable bonds is 5. The van der Waals surface area contributed by atoms with Gasteiger partial charge in [0, 0.05) is 5.92 Å². The van der Waals surface area contributed by atoms with Crippen LogP contribution in [0.4, 0.5) is 0 Å². The molecule has 0 bridgehead atoms. The molecule has 0 saturated carbocycles. The molecule has 1 heteroatoms. The number of hydrogen-bond acceptors (Lipinski definition) is 0. The zero-order valence-electron chi connectivity index (χ0n) is 11.9. The van der Waals surface area contributed by atoms with E-state index in [9.17, 15) is 0 Å². The molecule has 100 valence electrons. The molecule has 0 N–H and O–H groups in total. The third kappa shape index (κ3) is 3.45. The minimum Gasteiger partial charge on any atom is -0.138 e. The van der Waals surface area contributed by atoms with Crippen LogP contribution in [0.2, 0.25) is 0 Å². The number of hydrogen-bond donors (Lipinski definition) is 0. The Morgan fingerprint density at radius 2 is 1.32 bits per heavy atom. The van der Waals surface area contributed by atoms with Gasteiger partial charge in [-0.3, -0.25) is 0 Å². The molecule has 0 aliphatic rings. The molecular weight excluding hydrogens is 247 g/mol. The SMILES string of the molecule is Cc1ccccc1C(CCCP)c1ccccc1C. The summed E-state index contributed by atoms with van der Waals surface area (Å²) in [6.45, 7) is 4.45. The Kier molecular flexibility index (Phi) is 5.16. The van der Waals surface area contributed by atoms with E-state index < -0.39 is 0 Å². The van der Waals surface area contributed by atoms with Gasteiger partial charge in [0.25, 0.3) is 0 Å². The quantitative estimate of drug-likeness (QED) is 0.664. The van der Waals surface area contributed by atoms with Crippen LogP contribution >= 0.6 is 9.24 Å². The van der Waals surface area contributed by atoms with Gasteiger partial charge in [0.2, 0.25) is 0 Å². The second kappa shape index (κ2) is 6.87. The van der Waals surface area contributed by atoms with Gasteiger partial charge in [-0.15, -0.1) is 9.24 Å². The van der Waals surface area contributed by atoms with Gasteiger partial charge in [-0.1, -0.05) is 48.5 Å². The summed E-state index contributed by atoms with van der Waals surface area (Å²) >= 11 is 0. The Morgan fingerprint density at radius 3 is 1.74 bits per heavy atom. The van der Waals surface area contributed by atoms with Crippen molar-refractivity contribution in [2.24, 2.45) is 0 Å². The lowest BCUT2D eigenvalue weighted by Gasteiger charge is -2.21. The lowest BCUT2D eigenvalue weighted by Crippen LogP contribution is -2.05. The van der Waals surface area contributed by atoms with E-state index in [-0.39, 0.29) is 0 Å². The van der Waals surface area contributed by atoms with Crippen LogP contribution in [0, 0.1) is 13.8 Å². The van der Waals surface area contributed by atoms with E-state index in [1.165, 1.54) is 41.3 Å². The summed E-state index contributed by atoms with van der Waals surface area (Å²) in [6.07, 6.45) is 3.64. The highest BCUT2D eigenvalue weighted by Crippen LogP contribution is 2.33. The Morgan fingerprint density at radius 1 is 0.842 bits per heavy atom. The van der Waals surface area contributed by atoms with Crippen molar-refractivity contribution in [1.82, 2.24) is 0 Å². The van der Waals surface area contributed by atoms with Crippen LogP contribution < -0.4 is 0 Å². The van der Waals surface area contributed by atoms with E-state index in [2.05, 4.69) is 71.6 Å². The maximum atomic E-state index is 2.84. The van der Waals surface area contributed by atoms with E-state index in [4.69, 9.17) is 0 Å². The molecule has 0 radical (unpaired) electrons. The van der Waals surface area contributed by atoms with Gasteiger partial charge < -0.3 is 0 Å². The first-order chi connectivity index (χ1) is 9.24. The highest BCUT2D eigenvalue weighted by molar-refractivity contribution is 7.16. The summed E-state index contributed by atoms with van der Waals surface area (Å²) < 4.78 is 0. The molecule has 0 heterocycles. The van der Waals surface area contributed by atoms with Crippen molar-refractivity contribution in [2.75, 3.05) is 6.16 Å². The first-order valence-electron chi connectivity index (χ1n) is 7.05. The van der Waals surface area contributed by atoms with Crippen LogP contribution in [0.5, 0.6) is 0 Å². The zero-order valence-corrected chi connectivity index (χ0v) is 13.0. The number of aryl methyl sites for hydroxylation is 2. The summed E-state index contributed by atoms with van der Waals surface area (Å²) in [7, 11) is 2.84. The largest absolute Gasteiger partial charge is 0.138 e. The van der Waals surface area contributed by atoms with Crippen molar-refractivity contribution in [3.05, 3.63) is 70.8 Å². The monoisotopic (exact) mass is 270 g/mol. The first kappa shape index (κ1) is 14.3. The zero-order chi connectivity index (χ0) is 13.7. The fraction of sp³-hybridized carbons (Fsp3) is 0.333. The van der Waals surface area contributed by atoms with E-state index >= 15 is 0 Å². The van der Waals surface area contributed by atoms with Gasteiger partial charge >= 0.3 is 0 Å². The maximum absolute atomic E-state index is 2.84. The lowest BCUT2D eigenvalue weighted by molar-refractivity contribution is 0.696. The normalized spacial score (nSPS) is 10.9. The highest BCUT2D eigenvalue weighted by Gasteiger charge is 2.16.